The lowest BCUT2D eigenvalue weighted by molar-refractivity contribution is 0.195. The van der Waals surface area contributed by atoms with Gasteiger partial charge in [0.2, 0.25) is 0 Å². The first-order valence-electron chi connectivity index (χ1n) is 8.69. The van der Waals surface area contributed by atoms with Crippen LogP contribution < -0.4 is 13.8 Å². The van der Waals surface area contributed by atoms with Crippen molar-refractivity contribution in [2.45, 2.75) is 4.83 Å². The fourth-order valence-corrected chi connectivity index (χ4v) is 3.95. The number of hydrogen-bond acceptors (Lipinski definition) is 5. The fourth-order valence-electron chi connectivity index (χ4n) is 2.22. The molecule has 0 unspecified atom stereocenters. The molecule has 0 spiro atoms. The minimum Gasteiger partial charge on any atom is -0.492 e. The molecule has 0 aliphatic carbocycles. The Kier molecular flexibility index (Phi) is 7.54. The molecule has 0 fully saturated rings. The van der Waals surface area contributed by atoms with E-state index in [1.54, 1.807) is 48.5 Å². The SMILES string of the molecule is O=P(OC[C@H](Br)COc1ccccc1)(Oc1ccccc1)Oc1ccccc1. The summed E-state index contributed by atoms with van der Waals surface area (Å²) >= 11 is 3.48. The number of para-hydroxylation sites is 3. The summed E-state index contributed by atoms with van der Waals surface area (Å²) < 4.78 is 35.6. The highest BCUT2D eigenvalue weighted by atomic mass is 79.9. The normalized spacial score (nSPS) is 12.2. The maximum Gasteiger partial charge on any atom is 0.587 e. The third-order valence-corrected chi connectivity index (χ3v) is 5.37. The number of halogens is 1. The lowest BCUT2D eigenvalue weighted by Crippen LogP contribution is -2.19. The maximum absolute atomic E-state index is 13.2. The molecular formula is C21H20BrO5P. The van der Waals surface area contributed by atoms with Crippen molar-refractivity contribution in [3.05, 3.63) is 91.0 Å². The molecule has 3 rings (SSSR count). The van der Waals surface area contributed by atoms with Crippen LogP contribution >= 0.6 is 23.8 Å². The molecule has 3 aromatic carbocycles. The summed E-state index contributed by atoms with van der Waals surface area (Å²) in [7, 11) is -3.90. The van der Waals surface area contributed by atoms with Gasteiger partial charge in [0.05, 0.1) is 11.4 Å². The van der Waals surface area contributed by atoms with Gasteiger partial charge in [0.15, 0.2) is 0 Å². The van der Waals surface area contributed by atoms with E-state index < -0.39 is 7.82 Å². The Morgan fingerprint density at radius 3 is 1.57 bits per heavy atom. The highest BCUT2D eigenvalue weighted by molar-refractivity contribution is 9.09. The second kappa shape index (κ2) is 10.3. The average Bonchev–Trinajstić information content (AvgIpc) is 2.73. The third-order valence-electron chi connectivity index (χ3n) is 3.51. The number of rotatable bonds is 10. The number of hydrogen-bond donors (Lipinski definition) is 0. The minimum atomic E-state index is -3.90. The summed E-state index contributed by atoms with van der Waals surface area (Å²) in [4.78, 5) is -0.209. The van der Waals surface area contributed by atoms with E-state index in [0.29, 0.717) is 18.1 Å². The summed E-state index contributed by atoms with van der Waals surface area (Å²) in [5.41, 5.74) is 0. The highest BCUT2D eigenvalue weighted by Crippen LogP contribution is 2.49. The second-order valence-corrected chi connectivity index (χ2v) is 8.59. The number of ether oxygens (including phenoxy) is 1. The molecule has 3 aromatic rings. The molecule has 0 saturated carbocycles. The van der Waals surface area contributed by atoms with Gasteiger partial charge in [-0.2, -0.15) is 0 Å². The van der Waals surface area contributed by atoms with Gasteiger partial charge in [-0.05, 0) is 36.4 Å². The third kappa shape index (κ3) is 6.71. The van der Waals surface area contributed by atoms with E-state index in [4.69, 9.17) is 18.3 Å². The van der Waals surface area contributed by atoms with Gasteiger partial charge in [-0.3, -0.25) is 4.52 Å². The molecule has 0 N–H and O–H groups in total. The quantitative estimate of drug-likeness (QED) is 0.268. The lowest BCUT2D eigenvalue weighted by atomic mass is 10.3. The molecule has 0 radical (unpaired) electrons. The van der Waals surface area contributed by atoms with Crippen molar-refractivity contribution in [1.82, 2.24) is 0 Å². The van der Waals surface area contributed by atoms with Gasteiger partial charge in [-0.15, -0.1) is 0 Å². The number of phosphoric acid groups is 1. The molecule has 0 aliphatic heterocycles. The van der Waals surface area contributed by atoms with E-state index in [-0.39, 0.29) is 11.4 Å². The Morgan fingerprint density at radius 2 is 1.11 bits per heavy atom. The molecule has 1 atom stereocenters. The smallest absolute Gasteiger partial charge is 0.492 e. The Bertz CT molecular complexity index is 832. The van der Waals surface area contributed by atoms with Crippen LogP contribution in [0.5, 0.6) is 17.2 Å². The van der Waals surface area contributed by atoms with Gasteiger partial charge in [-0.1, -0.05) is 70.5 Å². The van der Waals surface area contributed by atoms with Crippen LogP contribution in [0.25, 0.3) is 0 Å². The van der Waals surface area contributed by atoms with E-state index in [1.165, 1.54) is 0 Å². The Balaban J connectivity index is 1.62. The molecule has 28 heavy (non-hydrogen) atoms. The summed E-state index contributed by atoms with van der Waals surface area (Å²) in [5, 5.41) is 0. The molecule has 0 heterocycles. The molecule has 0 amide bonds. The Morgan fingerprint density at radius 1 is 0.679 bits per heavy atom. The van der Waals surface area contributed by atoms with Crippen molar-refractivity contribution in [3.63, 3.8) is 0 Å². The lowest BCUT2D eigenvalue weighted by Gasteiger charge is -2.20. The van der Waals surface area contributed by atoms with Crippen molar-refractivity contribution in [1.29, 1.82) is 0 Å². The van der Waals surface area contributed by atoms with Crippen LogP contribution in [0.1, 0.15) is 0 Å². The molecule has 0 aromatic heterocycles. The highest BCUT2D eigenvalue weighted by Gasteiger charge is 2.32. The van der Waals surface area contributed by atoms with Crippen molar-refractivity contribution >= 4 is 23.8 Å². The van der Waals surface area contributed by atoms with E-state index >= 15 is 0 Å². The maximum atomic E-state index is 13.2. The standard InChI is InChI=1S/C21H20BrO5P/c22-18(16-24-19-10-4-1-5-11-19)17-25-28(23,26-20-12-6-2-7-13-20)27-21-14-8-3-9-15-21/h1-15,18H,16-17H2/t18-/m1/s1. The van der Waals surface area contributed by atoms with Crippen LogP contribution in [-0.2, 0) is 9.09 Å². The monoisotopic (exact) mass is 462 g/mol. The van der Waals surface area contributed by atoms with Gasteiger partial charge in [0.1, 0.15) is 23.9 Å². The first-order valence-corrected chi connectivity index (χ1v) is 11.1. The summed E-state index contributed by atoms with van der Waals surface area (Å²) in [5.74, 6) is 1.54. The predicted octanol–water partition coefficient (Wildman–Crippen LogP) is 6.11. The van der Waals surface area contributed by atoms with Crippen LogP contribution in [0, 0.1) is 0 Å². The van der Waals surface area contributed by atoms with Crippen LogP contribution in [0.3, 0.4) is 0 Å². The van der Waals surface area contributed by atoms with Gasteiger partial charge in [-0.25, -0.2) is 4.57 Å². The molecule has 146 valence electrons. The van der Waals surface area contributed by atoms with Crippen molar-refractivity contribution in [3.8, 4) is 17.2 Å². The zero-order chi connectivity index (χ0) is 19.7. The summed E-state index contributed by atoms with van der Waals surface area (Å²) in [6, 6.07) is 27.0. The average molecular weight is 463 g/mol. The zero-order valence-electron chi connectivity index (χ0n) is 15.0. The van der Waals surface area contributed by atoms with Crippen molar-refractivity contribution in [2.75, 3.05) is 13.2 Å². The number of phosphoric ester groups is 1. The van der Waals surface area contributed by atoms with E-state index in [1.807, 2.05) is 42.5 Å². The van der Waals surface area contributed by atoms with Crippen LogP contribution in [0.15, 0.2) is 91.0 Å². The molecule has 0 saturated heterocycles. The number of benzene rings is 3. The van der Waals surface area contributed by atoms with Gasteiger partial charge >= 0.3 is 7.82 Å². The van der Waals surface area contributed by atoms with Crippen LogP contribution in [0.4, 0.5) is 0 Å². The zero-order valence-corrected chi connectivity index (χ0v) is 17.5. The first kappa shape index (κ1) is 20.5. The molecular weight excluding hydrogens is 443 g/mol. The summed E-state index contributed by atoms with van der Waals surface area (Å²) in [6.07, 6.45) is 0. The molecule has 0 aliphatic rings. The summed E-state index contributed by atoms with van der Waals surface area (Å²) in [6.45, 7) is 0.407. The minimum absolute atomic E-state index is 0.0732. The van der Waals surface area contributed by atoms with E-state index in [2.05, 4.69) is 15.9 Å². The topological polar surface area (TPSA) is 54.0 Å². The van der Waals surface area contributed by atoms with Gasteiger partial charge in [0.25, 0.3) is 0 Å². The fraction of sp³-hybridized carbons (Fsp3) is 0.143. The van der Waals surface area contributed by atoms with Gasteiger partial charge in [0, 0.05) is 0 Å². The van der Waals surface area contributed by atoms with Gasteiger partial charge < -0.3 is 13.8 Å². The van der Waals surface area contributed by atoms with E-state index in [9.17, 15) is 4.57 Å². The van der Waals surface area contributed by atoms with Crippen molar-refractivity contribution in [2.24, 2.45) is 0 Å². The molecule has 7 heteroatoms. The second-order valence-electron chi connectivity index (χ2n) is 5.77. The van der Waals surface area contributed by atoms with Crippen LogP contribution in [-0.4, -0.2) is 18.0 Å². The van der Waals surface area contributed by atoms with E-state index in [0.717, 1.165) is 5.75 Å². The Labute approximate surface area is 173 Å². The first-order chi connectivity index (χ1) is 13.6. The largest absolute Gasteiger partial charge is 0.587 e. The predicted molar refractivity (Wildman–Crippen MR) is 112 cm³/mol. The molecule has 5 nitrogen and oxygen atoms in total. The number of alkyl halides is 1. The van der Waals surface area contributed by atoms with Crippen LogP contribution in [0.2, 0.25) is 0 Å². The molecule has 0 bridgehead atoms. The Hall–Kier alpha value is -2.27. The van der Waals surface area contributed by atoms with Crippen molar-refractivity contribution < 1.29 is 22.9 Å².